The minimum Gasteiger partial charge on any atom is -0.493 e. The number of benzene rings is 3. The first-order valence-corrected chi connectivity index (χ1v) is 20.9. The molecule has 24 nitrogen and oxygen atoms in total. The van der Waals surface area contributed by atoms with Crippen molar-refractivity contribution >= 4 is 28.0 Å². The van der Waals surface area contributed by atoms with Gasteiger partial charge in [0, 0.05) is 12.4 Å². The molecule has 3 aromatic carbocycles. The first-order chi connectivity index (χ1) is 31.6. The molecule has 0 N–H and O–H groups in total. The molecule has 0 radical (unpaired) electrons. The van der Waals surface area contributed by atoms with E-state index in [2.05, 4.69) is 29.6 Å². The van der Waals surface area contributed by atoms with Crippen molar-refractivity contribution in [2.45, 2.75) is 37.7 Å². The predicted molar refractivity (Wildman–Crippen MR) is 226 cm³/mol. The van der Waals surface area contributed by atoms with Gasteiger partial charge in [0.2, 0.25) is 11.6 Å². The Labute approximate surface area is 376 Å². The van der Waals surface area contributed by atoms with Gasteiger partial charge >= 0.3 is 12.1 Å². The molecule has 0 amide bonds. The smallest absolute Gasteiger partial charge is 0.493 e. The lowest BCUT2D eigenvalue weighted by Crippen LogP contribution is -2.36. The van der Waals surface area contributed by atoms with Crippen LogP contribution < -0.4 is 18.5 Å². The molecule has 5 rings (SSSR count). The molecule has 5 aromatic rings. The van der Waals surface area contributed by atoms with Crippen LogP contribution in [0.25, 0.3) is 11.6 Å². The molecular weight excluding hydrogens is 895 g/mol. The normalized spacial score (nSPS) is 11.2. The summed E-state index contributed by atoms with van der Waals surface area (Å²) in [5.41, 5.74) is 0.827. The van der Waals surface area contributed by atoms with Gasteiger partial charge in [-0.05, 0) is 59.0 Å². The first kappa shape index (κ1) is 49.1. The molecule has 2 heterocycles. The molecule has 0 atom stereocenters. The fourth-order valence-corrected chi connectivity index (χ4v) is 6.76. The van der Waals surface area contributed by atoms with Gasteiger partial charge in [-0.3, -0.25) is 0 Å². The lowest BCUT2D eigenvalue weighted by atomic mass is 9.87. The summed E-state index contributed by atoms with van der Waals surface area (Å²) < 4.78 is 69.2. The van der Waals surface area contributed by atoms with Crippen LogP contribution in [0.3, 0.4) is 0 Å². The van der Waals surface area contributed by atoms with Crippen molar-refractivity contribution in [1.29, 1.82) is 0 Å². The van der Waals surface area contributed by atoms with E-state index in [1.165, 1.54) is 68.0 Å². The quantitative estimate of drug-likeness (QED) is 0.0242. The predicted octanol–water partition coefficient (Wildman–Crippen LogP) is 5.51. The molecule has 0 aliphatic rings. The average Bonchev–Trinajstić information content (AvgIpc) is 3.30. The number of anilines is 1. The molecule has 0 spiro atoms. The second-order valence-corrected chi connectivity index (χ2v) is 16.0. The molecule has 2 aromatic heterocycles. The fourth-order valence-electron chi connectivity index (χ4n) is 5.48. The van der Waals surface area contributed by atoms with Crippen LogP contribution in [0.15, 0.2) is 96.2 Å². The zero-order valence-corrected chi connectivity index (χ0v) is 36.6. The highest BCUT2D eigenvalue weighted by molar-refractivity contribution is 7.92. The number of hydrogen-bond acceptors (Lipinski definition) is 21. The summed E-state index contributed by atoms with van der Waals surface area (Å²) in [4.78, 5) is 72.7. The maximum Gasteiger partial charge on any atom is 0.510 e. The Hall–Kier alpha value is -7.93. The standard InChI is InChI=1S/C41H43N7O17S/c1-41(2,3)30-13-15-31(16-14-30)66(55,56)46(27-62-40(50)61-21-19-58-20-24-63-47(51)52)37-34(65-33-12-6-5-11-32(33)57-4)38(45-36(44-37)35-42-17-8-18-43-35)59-22-23-60-39(49)29-10-7-9-28(25-29)26-64-48(53)54/h5-18,25H,19-24,26-27H2,1-4H3. The van der Waals surface area contributed by atoms with Crippen molar-refractivity contribution < 1.29 is 71.0 Å². The van der Waals surface area contributed by atoms with E-state index in [0.29, 0.717) is 9.87 Å². The van der Waals surface area contributed by atoms with Gasteiger partial charge in [-0.1, -0.05) is 57.2 Å². The van der Waals surface area contributed by atoms with Crippen LogP contribution in [-0.4, -0.2) is 104 Å². The van der Waals surface area contributed by atoms with Gasteiger partial charge in [0.05, 0.1) is 30.8 Å². The summed E-state index contributed by atoms with van der Waals surface area (Å²) in [6.45, 7) is 2.33. The van der Waals surface area contributed by atoms with E-state index < -0.39 is 82.9 Å². The number of carbonyl (C=O) groups is 2. The molecule has 25 heteroatoms. The number of ether oxygens (including phenoxy) is 7. The Morgan fingerprint density at radius 2 is 1.42 bits per heavy atom. The molecule has 0 unspecified atom stereocenters. The van der Waals surface area contributed by atoms with Gasteiger partial charge in [-0.25, -0.2) is 37.3 Å². The highest BCUT2D eigenvalue weighted by atomic mass is 32.2. The van der Waals surface area contributed by atoms with E-state index in [9.17, 15) is 38.2 Å². The van der Waals surface area contributed by atoms with Crippen molar-refractivity contribution in [3.05, 3.63) is 128 Å². The maximum absolute atomic E-state index is 14.9. The molecule has 0 aliphatic heterocycles. The highest BCUT2D eigenvalue weighted by Gasteiger charge is 2.35. The van der Waals surface area contributed by atoms with Crippen LogP contribution in [0, 0.1) is 20.2 Å². The van der Waals surface area contributed by atoms with Crippen molar-refractivity contribution in [2.24, 2.45) is 0 Å². The monoisotopic (exact) mass is 937 g/mol. The fraction of sp³-hybridized carbons (Fsp3) is 0.317. The van der Waals surface area contributed by atoms with E-state index >= 15 is 0 Å². The topological polar surface area (TPSA) is 292 Å². The number of para-hydroxylation sites is 2. The van der Waals surface area contributed by atoms with Crippen LogP contribution in [0.4, 0.5) is 10.6 Å². The zero-order chi connectivity index (χ0) is 47.7. The molecule has 350 valence electrons. The molecule has 0 aliphatic carbocycles. The Balaban J connectivity index is 1.55. The Morgan fingerprint density at radius 1 is 0.742 bits per heavy atom. The average molecular weight is 938 g/mol. The molecule has 66 heavy (non-hydrogen) atoms. The summed E-state index contributed by atoms with van der Waals surface area (Å²) in [7, 11) is -3.42. The minimum absolute atomic E-state index is 0.0293. The third kappa shape index (κ3) is 14.0. The molecule has 0 fully saturated rings. The Bertz CT molecular complexity index is 2560. The van der Waals surface area contributed by atoms with Crippen LogP contribution >= 0.6 is 0 Å². The number of carbonyl (C=O) groups excluding carboxylic acids is 2. The summed E-state index contributed by atoms with van der Waals surface area (Å²) >= 11 is 0. The number of aromatic nitrogens is 4. The second-order valence-electron chi connectivity index (χ2n) is 14.2. The summed E-state index contributed by atoms with van der Waals surface area (Å²) in [6.07, 6.45) is 1.42. The number of methoxy groups -OCH3 is 1. The Morgan fingerprint density at radius 3 is 2.11 bits per heavy atom. The van der Waals surface area contributed by atoms with Crippen LogP contribution in [-0.2, 0) is 50.7 Å². The number of esters is 1. The van der Waals surface area contributed by atoms with E-state index in [4.69, 9.17) is 33.2 Å². The van der Waals surface area contributed by atoms with Gasteiger partial charge in [-0.15, -0.1) is 20.2 Å². The van der Waals surface area contributed by atoms with Gasteiger partial charge in [0.1, 0.15) is 33.0 Å². The Kier molecular flexibility index (Phi) is 17.2. The summed E-state index contributed by atoms with van der Waals surface area (Å²) in [5, 5.41) is 19.1. The van der Waals surface area contributed by atoms with Crippen molar-refractivity contribution in [1.82, 2.24) is 19.9 Å². The van der Waals surface area contributed by atoms with E-state index in [0.717, 1.165) is 5.56 Å². The van der Waals surface area contributed by atoms with E-state index in [-0.39, 0.29) is 58.8 Å². The highest BCUT2D eigenvalue weighted by Crippen LogP contribution is 2.43. The number of hydrogen-bond donors (Lipinski definition) is 0. The maximum atomic E-state index is 14.9. The molecule has 0 saturated heterocycles. The van der Waals surface area contributed by atoms with Crippen molar-refractivity contribution in [3.8, 4) is 34.8 Å². The van der Waals surface area contributed by atoms with Crippen LogP contribution in [0.1, 0.15) is 42.3 Å². The molecule has 0 saturated carbocycles. The molecular formula is C41H43N7O17S. The third-order valence-electron chi connectivity index (χ3n) is 8.63. The summed E-state index contributed by atoms with van der Waals surface area (Å²) in [5.74, 6) is -2.43. The van der Waals surface area contributed by atoms with Gasteiger partial charge in [0.25, 0.3) is 26.1 Å². The van der Waals surface area contributed by atoms with Gasteiger partial charge < -0.3 is 42.8 Å². The zero-order valence-electron chi connectivity index (χ0n) is 35.8. The van der Waals surface area contributed by atoms with E-state index in [1.54, 1.807) is 30.3 Å². The summed E-state index contributed by atoms with van der Waals surface area (Å²) in [6, 6.07) is 19.6. The number of rotatable bonds is 24. The van der Waals surface area contributed by atoms with Crippen molar-refractivity contribution in [2.75, 3.05) is 57.8 Å². The number of sulfonamides is 1. The minimum atomic E-state index is -4.79. The first-order valence-electron chi connectivity index (χ1n) is 19.5. The van der Waals surface area contributed by atoms with Gasteiger partial charge in [-0.2, -0.15) is 4.98 Å². The van der Waals surface area contributed by atoms with Crippen molar-refractivity contribution in [3.63, 3.8) is 0 Å². The lowest BCUT2D eigenvalue weighted by Gasteiger charge is -2.26. The molecule has 0 bridgehead atoms. The van der Waals surface area contributed by atoms with E-state index in [1.807, 2.05) is 20.8 Å². The number of nitrogens with zero attached hydrogens (tertiary/aromatic N) is 7. The third-order valence-corrected chi connectivity index (χ3v) is 10.4. The lowest BCUT2D eigenvalue weighted by molar-refractivity contribution is -0.763. The SMILES string of the molecule is COc1ccccc1Oc1c(OCCOC(=O)c2cccc(CO[N+](=O)[O-])c2)nc(-c2ncccn2)nc1N(COC(=O)OCCOCCO[N+](=O)[O-])S(=O)(=O)c1ccc(C(C)(C)C)cc1. The second kappa shape index (κ2) is 23.1. The van der Waals surface area contributed by atoms with Crippen LogP contribution in [0.5, 0.6) is 23.1 Å². The largest absolute Gasteiger partial charge is 0.510 e. The van der Waals surface area contributed by atoms with Crippen LogP contribution in [0.2, 0.25) is 0 Å². The van der Waals surface area contributed by atoms with Gasteiger partial charge in [0.15, 0.2) is 29.9 Å².